The zero-order valence-electron chi connectivity index (χ0n) is 15.5. The number of aromatic nitrogens is 1. The topological polar surface area (TPSA) is 31.4 Å². The van der Waals surface area contributed by atoms with E-state index in [1.807, 2.05) is 30.3 Å². The van der Waals surface area contributed by atoms with Crippen molar-refractivity contribution in [3.63, 3.8) is 0 Å². The molecule has 0 saturated heterocycles. The van der Waals surface area contributed by atoms with Gasteiger partial charge in [-0.15, -0.1) is 0 Å². The van der Waals surface area contributed by atoms with Crippen molar-refractivity contribution >= 4 is 0 Å². The predicted octanol–water partition coefficient (Wildman–Crippen LogP) is 5.84. The first-order valence-corrected chi connectivity index (χ1v) is 8.76. The molecule has 0 N–H and O–H groups in total. The Kier molecular flexibility index (Phi) is 5.87. The Balaban J connectivity index is 1.72. The number of ether oxygens (including phenoxy) is 2. The predicted molar refractivity (Wildman–Crippen MR) is 101 cm³/mol. The molecule has 1 unspecified atom stereocenters. The standard InChI is InChI=1S/C22H20F3NO2/c1-15(19-5-3-4-12-26-19)17-8-11-20(21(13-17)27-2)28-14-16-6-9-18(10-7-16)22(23,24)25/h3-13,15H,14H2,1-2H3. The third-order valence-electron chi connectivity index (χ3n) is 4.49. The Labute approximate surface area is 161 Å². The Morgan fingerprint density at radius 2 is 1.71 bits per heavy atom. The summed E-state index contributed by atoms with van der Waals surface area (Å²) in [4.78, 5) is 4.38. The van der Waals surface area contributed by atoms with E-state index in [0.717, 1.165) is 23.4 Å². The second-order valence-corrected chi connectivity index (χ2v) is 6.37. The second kappa shape index (κ2) is 8.33. The summed E-state index contributed by atoms with van der Waals surface area (Å²) in [5.74, 6) is 1.17. The molecule has 0 bridgehead atoms. The van der Waals surface area contributed by atoms with Gasteiger partial charge in [0.2, 0.25) is 0 Å². The van der Waals surface area contributed by atoms with Crippen LogP contribution in [0.25, 0.3) is 0 Å². The fourth-order valence-electron chi connectivity index (χ4n) is 2.83. The van der Waals surface area contributed by atoms with Gasteiger partial charge in [0.05, 0.1) is 12.7 Å². The maximum atomic E-state index is 12.6. The fraction of sp³-hybridized carbons (Fsp3) is 0.227. The van der Waals surface area contributed by atoms with Crippen LogP contribution in [0.1, 0.15) is 35.2 Å². The molecule has 0 aliphatic carbocycles. The number of benzene rings is 2. The van der Waals surface area contributed by atoms with Crippen LogP contribution in [0.4, 0.5) is 13.2 Å². The van der Waals surface area contributed by atoms with Crippen molar-refractivity contribution in [3.8, 4) is 11.5 Å². The van der Waals surface area contributed by atoms with Gasteiger partial charge in [-0.3, -0.25) is 4.98 Å². The molecule has 0 aliphatic heterocycles. The van der Waals surface area contributed by atoms with E-state index in [0.29, 0.717) is 17.1 Å². The summed E-state index contributed by atoms with van der Waals surface area (Å²) in [5.41, 5.74) is 1.93. The molecule has 2 aromatic carbocycles. The minimum absolute atomic E-state index is 0.0825. The van der Waals surface area contributed by atoms with Crippen LogP contribution in [0.2, 0.25) is 0 Å². The molecule has 1 atom stereocenters. The second-order valence-electron chi connectivity index (χ2n) is 6.37. The number of hydrogen-bond acceptors (Lipinski definition) is 3. The highest BCUT2D eigenvalue weighted by molar-refractivity contribution is 5.45. The number of hydrogen-bond donors (Lipinski definition) is 0. The van der Waals surface area contributed by atoms with E-state index in [1.165, 1.54) is 12.1 Å². The first-order valence-electron chi connectivity index (χ1n) is 8.76. The highest BCUT2D eigenvalue weighted by atomic mass is 19.4. The lowest BCUT2D eigenvalue weighted by Gasteiger charge is -2.16. The normalized spacial score (nSPS) is 12.5. The van der Waals surface area contributed by atoms with E-state index in [9.17, 15) is 13.2 Å². The summed E-state index contributed by atoms with van der Waals surface area (Å²) in [7, 11) is 1.55. The lowest BCUT2D eigenvalue weighted by Crippen LogP contribution is -2.05. The van der Waals surface area contributed by atoms with Crippen LogP contribution in [-0.2, 0) is 12.8 Å². The molecule has 0 amide bonds. The first-order chi connectivity index (χ1) is 13.4. The summed E-state index contributed by atoms with van der Waals surface area (Å²) in [6.45, 7) is 2.20. The van der Waals surface area contributed by atoms with Crippen LogP contribution in [0.15, 0.2) is 66.9 Å². The third kappa shape index (κ3) is 4.63. The van der Waals surface area contributed by atoms with Gasteiger partial charge in [0.25, 0.3) is 0 Å². The maximum absolute atomic E-state index is 12.6. The van der Waals surface area contributed by atoms with Crippen molar-refractivity contribution in [1.29, 1.82) is 0 Å². The summed E-state index contributed by atoms with van der Waals surface area (Å²) in [6, 6.07) is 16.3. The van der Waals surface area contributed by atoms with Gasteiger partial charge in [0, 0.05) is 17.8 Å². The highest BCUT2D eigenvalue weighted by Gasteiger charge is 2.29. The van der Waals surface area contributed by atoms with Gasteiger partial charge >= 0.3 is 6.18 Å². The lowest BCUT2D eigenvalue weighted by molar-refractivity contribution is -0.137. The molecule has 3 aromatic rings. The van der Waals surface area contributed by atoms with E-state index in [1.54, 1.807) is 19.4 Å². The lowest BCUT2D eigenvalue weighted by atomic mass is 9.97. The van der Waals surface area contributed by atoms with E-state index in [4.69, 9.17) is 9.47 Å². The summed E-state index contributed by atoms with van der Waals surface area (Å²) in [6.07, 6.45) is -2.59. The molecular weight excluding hydrogens is 367 g/mol. The molecule has 3 rings (SSSR count). The molecule has 1 aromatic heterocycles. The van der Waals surface area contributed by atoms with Gasteiger partial charge in [0.1, 0.15) is 6.61 Å². The third-order valence-corrected chi connectivity index (χ3v) is 4.49. The number of pyridine rings is 1. The van der Waals surface area contributed by atoms with E-state index < -0.39 is 11.7 Å². The molecule has 0 radical (unpaired) electrons. The molecule has 28 heavy (non-hydrogen) atoms. The van der Waals surface area contributed by atoms with Gasteiger partial charge in [-0.25, -0.2) is 0 Å². The smallest absolute Gasteiger partial charge is 0.416 e. The zero-order chi connectivity index (χ0) is 20.1. The number of alkyl halides is 3. The molecule has 1 heterocycles. The van der Waals surface area contributed by atoms with Crippen LogP contribution in [0.5, 0.6) is 11.5 Å². The molecule has 0 spiro atoms. The van der Waals surface area contributed by atoms with Gasteiger partial charge in [-0.1, -0.05) is 31.2 Å². The van der Waals surface area contributed by atoms with Crippen LogP contribution in [-0.4, -0.2) is 12.1 Å². The Bertz CT molecular complexity index is 909. The van der Waals surface area contributed by atoms with Crippen LogP contribution in [0.3, 0.4) is 0 Å². The van der Waals surface area contributed by atoms with E-state index in [2.05, 4.69) is 11.9 Å². The van der Waals surface area contributed by atoms with Gasteiger partial charge < -0.3 is 9.47 Å². The summed E-state index contributed by atoms with van der Waals surface area (Å²) < 4.78 is 49.1. The average Bonchev–Trinajstić information content (AvgIpc) is 2.72. The van der Waals surface area contributed by atoms with E-state index in [-0.39, 0.29) is 12.5 Å². The van der Waals surface area contributed by atoms with Crippen molar-refractivity contribution in [2.24, 2.45) is 0 Å². The Hall–Kier alpha value is -3.02. The van der Waals surface area contributed by atoms with Crippen molar-refractivity contribution in [3.05, 3.63) is 89.2 Å². The maximum Gasteiger partial charge on any atom is 0.416 e. The molecule has 3 nitrogen and oxygen atoms in total. The SMILES string of the molecule is COc1cc(C(C)c2ccccn2)ccc1OCc1ccc(C(F)(F)F)cc1. The van der Waals surface area contributed by atoms with Crippen molar-refractivity contribution < 1.29 is 22.6 Å². The van der Waals surface area contributed by atoms with Crippen LogP contribution in [0, 0.1) is 0 Å². The number of halogens is 3. The van der Waals surface area contributed by atoms with Crippen LogP contribution >= 0.6 is 0 Å². The van der Waals surface area contributed by atoms with Gasteiger partial charge in [-0.2, -0.15) is 13.2 Å². The molecule has 146 valence electrons. The summed E-state index contributed by atoms with van der Waals surface area (Å²) in [5, 5.41) is 0. The summed E-state index contributed by atoms with van der Waals surface area (Å²) >= 11 is 0. The molecule has 6 heteroatoms. The molecule has 0 saturated carbocycles. The average molecular weight is 387 g/mol. The van der Waals surface area contributed by atoms with Crippen molar-refractivity contribution in [1.82, 2.24) is 4.98 Å². The fourth-order valence-corrected chi connectivity index (χ4v) is 2.83. The Morgan fingerprint density at radius 3 is 2.32 bits per heavy atom. The van der Waals surface area contributed by atoms with E-state index >= 15 is 0 Å². The highest BCUT2D eigenvalue weighted by Crippen LogP contribution is 2.33. The largest absolute Gasteiger partial charge is 0.493 e. The van der Waals surface area contributed by atoms with Crippen molar-refractivity contribution in [2.75, 3.05) is 7.11 Å². The van der Waals surface area contributed by atoms with Gasteiger partial charge in [-0.05, 0) is 47.5 Å². The van der Waals surface area contributed by atoms with Gasteiger partial charge in [0.15, 0.2) is 11.5 Å². The van der Waals surface area contributed by atoms with Crippen LogP contribution < -0.4 is 9.47 Å². The Morgan fingerprint density at radius 1 is 0.964 bits per heavy atom. The minimum atomic E-state index is -4.34. The number of nitrogens with zero attached hydrogens (tertiary/aromatic N) is 1. The zero-order valence-corrected chi connectivity index (χ0v) is 15.5. The quantitative estimate of drug-likeness (QED) is 0.532. The first kappa shape index (κ1) is 19.7. The number of methoxy groups -OCH3 is 1. The molecular formula is C22H20F3NO2. The minimum Gasteiger partial charge on any atom is -0.493 e. The van der Waals surface area contributed by atoms with Crippen molar-refractivity contribution in [2.45, 2.75) is 25.6 Å². The molecule has 0 aliphatic rings. The monoisotopic (exact) mass is 387 g/mol. The molecule has 0 fully saturated rings. The number of rotatable bonds is 6.